The molecule has 0 radical (unpaired) electrons. The van der Waals surface area contributed by atoms with Crippen LogP contribution in [0.4, 0.5) is 5.82 Å². The maximum absolute atomic E-state index is 5.76. The average molecular weight is 404 g/mol. The standard InChI is InChI=1S/C21H24N8O/c1-14(2)30-20-7-17-15(9-23-20)10-24-21(17)18-8-19(26-12-25-18)28-5-3-16(4-6-28)29-13-22-11-27-29/h7-9,11-14,16H,3-6,10H2,1-2H3. The molecule has 0 spiro atoms. The van der Waals surface area contributed by atoms with E-state index in [1.807, 2.05) is 36.9 Å². The van der Waals surface area contributed by atoms with Crippen molar-refractivity contribution in [3.63, 3.8) is 0 Å². The number of hydrogen-bond acceptors (Lipinski definition) is 8. The van der Waals surface area contributed by atoms with Crippen molar-refractivity contribution in [1.29, 1.82) is 0 Å². The third-order valence-electron chi connectivity index (χ3n) is 5.47. The Morgan fingerprint density at radius 1 is 1.07 bits per heavy atom. The zero-order chi connectivity index (χ0) is 20.5. The maximum atomic E-state index is 5.76. The molecule has 0 N–H and O–H groups in total. The summed E-state index contributed by atoms with van der Waals surface area (Å²) in [6, 6.07) is 4.39. The van der Waals surface area contributed by atoms with Crippen LogP contribution in [0.5, 0.6) is 5.88 Å². The Bertz CT molecular complexity index is 1050. The van der Waals surface area contributed by atoms with Crippen molar-refractivity contribution in [2.24, 2.45) is 4.99 Å². The highest BCUT2D eigenvalue weighted by atomic mass is 16.5. The van der Waals surface area contributed by atoms with Crippen molar-refractivity contribution < 1.29 is 4.74 Å². The van der Waals surface area contributed by atoms with E-state index in [1.54, 1.807) is 19.0 Å². The Balaban J connectivity index is 1.34. The third kappa shape index (κ3) is 3.62. The summed E-state index contributed by atoms with van der Waals surface area (Å²) in [5.74, 6) is 1.55. The first-order valence-corrected chi connectivity index (χ1v) is 10.3. The van der Waals surface area contributed by atoms with E-state index in [9.17, 15) is 0 Å². The summed E-state index contributed by atoms with van der Waals surface area (Å²) < 4.78 is 7.72. The van der Waals surface area contributed by atoms with Gasteiger partial charge in [-0.05, 0) is 26.7 Å². The first-order chi connectivity index (χ1) is 14.7. The predicted octanol–water partition coefficient (Wildman–Crippen LogP) is 2.44. The highest BCUT2D eigenvalue weighted by molar-refractivity contribution is 6.14. The van der Waals surface area contributed by atoms with Crippen LogP contribution in [-0.2, 0) is 6.54 Å². The molecule has 0 amide bonds. The minimum absolute atomic E-state index is 0.0726. The van der Waals surface area contributed by atoms with Crippen LogP contribution in [0, 0.1) is 0 Å². The van der Waals surface area contributed by atoms with Gasteiger partial charge >= 0.3 is 0 Å². The Morgan fingerprint density at radius 2 is 1.93 bits per heavy atom. The summed E-state index contributed by atoms with van der Waals surface area (Å²) in [5, 5.41) is 4.28. The molecular formula is C21H24N8O. The van der Waals surface area contributed by atoms with Gasteiger partial charge in [0.15, 0.2) is 0 Å². The second-order valence-corrected chi connectivity index (χ2v) is 7.87. The van der Waals surface area contributed by atoms with Crippen molar-refractivity contribution in [3.05, 3.63) is 54.1 Å². The maximum Gasteiger partial charge on any atom is 0.214 e. The lowest BCUT2D eigenvalue weighted by molar-refractivity contribution is 0.232. The lowest BCUT2D eigenvalue weighted by Crippen LogP contribution is -2.35. The molecule has 5 rings (SSSR count). The molecule has 0 bridgehead atoms. The van der Waals surface area contributed by atoms with E-state index in [0.29, 0.717) is 18.5 Å². The first kappa shape index (κ1) is 18.7. The van der Waals surface area contributed by atoms with Crippen molar-refractivity contribution in [2.45, 2.75) is 45.4 Å². The monoisotopic (exact) mass is 404 g/mol. The summed E-state index contributed by atoms with van der Waals surface area (Å²) in [6.45, 7) is 6.43. The molecule has 30 heavy (non-hydrogen) atoms. The SMILES string of the molecule is CC(C)Oc1cc2c(cn1)CN=C2c1cc(N2CCC(n3cncn3)CC2)ncn1. The molecule has 0 aliphatic carbocycles. The van der Waals surface area contributed by atoms with Crippen LogP contribution < -0.4 is 9.64 Å². The summed E-state index contributed by atoms with van der Waals surface area (Å²) in [7, 11) is 0. The number of aromatic nitrogens is 6. The number of anilines is 1. The average Bonchev–Trinajstić information content (AvgIpc) is 3.44. The highest BCUT2D eigenvalue weighted by Gasteiger charge is 2.24. The van der Waals surface area contributed by atoms with Gasteiger partial charge in [-0.25, -0.2) is 24.6 Å². The van der Waals surface area contributed by atoms with Crippen LogP contribution in [0.15, 0.2) is 42.3 Å². The number of ether oxygens (including phenoxy) is 1. The third-order valence-corrected chi connectivity index (χ3v) is 5.47. The molecule has 2 aliphatic heterocycles. The second-order valence-electron chi connectivity index (χ2n) is 7.87. The van der Waals surface area contributed by atoms with Crippen molar-refractivity contribution in [1.82, 2.24) is 29.7 Å². The molecule has 9 heteroatoms. The highest BCUT2D eigenvalue weighted by Crippen LogP contribution is 2.28. The molecule has 1 saturated heterocycles. The molecule has 3 aromatic heterocycles. The molecule has 9 nitrogen and oxygen atoms in total. The quantitative estimate of drug-likeness (QED) is 0.645. The summed E-state index contributed by atoms with van der Waals surface area (Å²) in [5.41, 5.74) is 3.84. The molecule has 0 saturated carbocycles. The summed E-state index contributed by atoms with van der Waals surface area (Å²) in [4.78, 5) is 24.5. The van der Waals surface area contributed by atoms with Gasteiger partial charge in [0.25, 0.3) is 0 Å². The van der Waals surface area contributed by atoms with E-state index in [-0.39, 0.29) is 6.10 Å². The van der Waals surface area contributed by atoms with Gasteiger partial charge in [0.2, 0.25) is 5.88 Å². The topological polar surface area (TPSA) is 94.2 Å². The van der Waals surface area contributed by atoms with Crippen LogP contribution in [-0.4, -0.2) is 54.6 Å². The van der Waals surface area contributed by atoms with Crippen LogP contribution >= 0.6 is 0 Å². The predicted molar refractivity (Wildman–Crippen MR) is 112 cm³/mol. The number of pyridine rings is 1. The fourth-order valence-corrected chi connectivity index (χ4v) is 4.00. The van der Waals surface area contributed by atoms with E-state index >= 15 is 0 Å². The van der Waals surface area contributed by atoms with E-state index in [0.717, 1.165) is 54.3 Å². The van der Waals surface area contributed by atoms with Crippen molar-refractivity contribution >= 4 is 11.5 Å². The van der Waals surface area contributed by atoms with Crippen molar-refractivity contribution in [3.8, 4) is 5.88 Å². The zero-order valence-electron chi connectivity index (χ0n) is 17.1. The molecule has 0 unspecified atom stereocenters. The summed E-state index contributed by atoms with van der Waals surface area (Å²) >= 11 is 0. The molecule has 0 atom stereocenters. The van der Waals surface area contributed by atoms with Crippen LogP contribution in [0.25, 0.3) is 0 Å². The Morgan fingerprint density at radius 3 is 2.70 bits per heavy atom. The van der Waals surface area contributed by atoms with Crippen LogP contribution in [0.3, 0.4) is 0 Å². The molecular weight excluding hydrogens is 380 g/mol. The summed E-state index contributed by atoms with van der Waals surface area (Å²) in [6.07, 6.45) is 8.95. The number of hydrogen-bond donors (Lipinski definition) is 0. The Hall–Kier alpha value is -3.36. The fourth-order valence-electron chi connectivity index (χ4n) is 4.00. The molecule has 5 heterocycles. The lowest BCUT2D eigenvalue weighted by Gasteiger charge is -2.32. The van der Waals surface area contributed by atoms with Gasteiger partial charge in [-0.1, -0.05) is 0 Å². The number of piperidine rings is 1. The van der Waals surface area contributed by atoms with Gasteiger partial charge in [-0.2, -0.15) is 5.10 Å². The largest absolute Gasteiger partial charge is 0.475 e. The van der Waals surface area contributed by atoms with E-state index in [1.165, 1.54) is 0 Å². The normalized spacial score (nSPS) is 16.6. The second kappa shape index (κ2) is 7.81. The number of rotatable bonds is 5. The molecule has 1 fully saturated rings. The van der Waals surface area contributed by atoms with E-state index < -0.39 is 0 Å². The minimum atomic E-state index is 0.0726. The van der Waals surface area contributed by atoms with Gasteiger partial charge in [0.1, 0.15) is 24.8 Å². The van der Waals surface area contributed by atoms with Gasteiger partial charge in [0.05, 0.1) is 30.1 Å². The van der Waals surface area contributed by atoms with Crippen molar-refractivity contribution in [2.75, 3.05) is 18.0 Å². The fraction of sp³-hybridized carbons (Fsp3) is 0.429. The minimum Gasteiger partial charge on any atom is -0.475 e. The number of aliphatic imine (C=N–C) groups is 1. The number of fused-ring (bicyclic) bond motifs is 1. The van der Waals surface area contributed by atoms with Gasteiger partial charge < -0.3 is 9.64 Å². The van der Waals surface area contributed by atoms with E-state index in [4.69, 9.17) is 9.73 Å². The molecule has 2 aliphatic rings. The Labute approximate surface area is 174 Å². The molecule has 154 valence electrons. The lowest BCUT2D eigenvalue weighted by atomic mass is 10.0. The molecule has 0 aromatic carbocycles. The van der Waals surface area contributed by atoms with Gasteiger partial charge in [-0.3, -0.25) is 4.99 Å². The zero-order valence-corrected chi connectivity index (χ0v) is 17.1. The number of nitrogens with zero attached hydrogens (tertiary/aromatic N) is 8. The van der Waals surface area contributed by atoms with Crippen LogP contribution in [0.1, 0.15) is 49.6 Å². The van der Waals surface area contributed by atoms with E-state index in [2.05, 4.69) is 29.9 Å². The Kier molecular flexibility index (Phi) is 4.86. The smallest absolute Gasteiger partial charge is 0.214 e. The molecule has 3 aromatic rings. The van der Waals surface area contributed by atoms with Crippen LogP contribution in [0.2, 0.25) is 0 Å². The first-order valence-electron chi connectivity index (χ1n) is 10.3. The van der Waals surface area contributed by atoms with Gasteiger partial charge in [0, 0.05) is 42.5 Å². The van der Waals surface area contributed by atoms with Gasteiger partial charge in [-0.15, -0.1) is 0 Å².